The van der Waals surface area contributed by atoms with Crippen LogP contribution in [-0.4, -0.2) is 6.61 Å². The molecule has 1 heteroatoms. The second kappa shape index (κ2) is 5.48. The van der Waals surface area contributed by atoms with Crippen LogP contribution < -0.4 is 4.74 Å². The minimum absolute atomic E-state index is 0.534. The molecule has 0 aliphatic rings. The summed E-state index contributed by atoms with van der Waals surface area (Å²) in [6, 6.07) is 8.10. The molecule has 1 rings (SSSR count). The third-order valence-electron chi connectivity index (χ3n) is 2.19. The van der Waals surface area contributed by atoms with Crippen molar-refractivity contribution in [2.45, 2.75) is 20.3 Å². The molecule has 0 aliphatic heterocycles. The Morgan fingerprint density at radius 3 is 2.79 bits per heavy atom. The van der Waals surface area contributed by atoms with Gasteiger partial charge in [0.15, 0.2) is 0 Å². The molecular weight excluding hydrogens is 172 g/mol. The Balaban J connectivity index is 2.45. The van der Waals surface area contributed by atoms with Crippen molar-refractivity contribution in [1.82, 2.24) is 0 Å². The van der Waals surface area contributed by atoms with E-state index in [9.17, 15) is 0 Å². The number of para-hydroxylation sites is 1. The van der Waals surface area contributed by atoms with Crippen molar-refractivity contribution < 1.29 is 4.74 Å². The largest absolute Gasteiger partial charge is 0.493 e. The topological polar surface area (TPSA) is 9.23 Å². The van der Waals surface area contributed by atoms with Gasteiger partial charge < -0.3 is 4.74 Å². The summed E-state index contributed by atoms with van der Waals surface area (Å²) in [6.45, 7) is 8.71. The standard InChI is InChI=1S/C13H18O/c1-4-7-11(2)10-14-13-9-6-5-8-12(13)3/h4-6,8-9,11H,1,7,10H2,2-3H3/t11-/m1/s1. The van der Waals surface area contributed by atoms with Crippen LogP contribution in [0.4, 0.5) is 0 Å². The average Bonchev–Trinajstić information content (AvgIpc) is 2.17. The van der Waals surface area contributed by atoms with Gasteiger partial charge in [0.1, 0.15) is 5.75 Å². The number of hydrogen-bond acceptors (Lipinski definition) is 1. The summed E-state index contributed by atoms with van der Waals surface area (Å²) in [5, 5.41) is 0. The van der Waals surface area contributed by atoms with E-state index >= 15 is 0 Å². The van der Waals surface area contributed by atoms with Crippen LogP contribution in [0.5, 0.6) is 5.75 Å². The zero-order valence-corrected chi connectivity index (χ0v) is 8.99. The van der Waals surface area contributed by atoms with Gasteiger partial charge >= 0.3 is 0 Å². The maximum atomic E-state index is 5.70. The predicted molar refractivity (Wildman–Crippen MR) is 60.7 cm³/mol. The molecule has 1 aromatic rings. The van der Waals surface area contributed by atoms with E-state index in [1.807, 2.05) is 24.3 Å². The van der Waals surface area contributed by atoms with Crippen molar-refractivity contribution in [2.75, 3.05) is 6.61 Å². The van der Waals surface area contributed by atoms with Crippen LogP contribution in [0.1, 0.15) is 18.9 Å². The normalized spacial score (nSPS) is 12.1. The molecule has 1 aromatic carbocycles. The zero-order valence-electron chi connectivity index (χ0n) is 8.99. The number of rotatable bonds is 5. The highest BCUT2D eigenvalue weighted by atomic mass is 16.5. The Hall–Kier alpha value is -1.24. The van der Waals surface area contributed by atoms with Crippen molar-refractivity contribution in [1.29, 1.82) is 0 Å². The van der Waals surface area contributed by atoms with Gasteiger partial charge in [0.05, 0.1) is 6.61 Å². The zero-order chi connectivity index (χ0) is 10.4. The summed E-state index contributed by atoms with van der Waals surface area (Å²) in [4.78, 5) is 0. The van der Waals surface area contributed by atoms with Crippen LogP contribution in [0.15, 0.2) is 36.9 Å². The van der Waals surface area contributed by atoms with E-state index in [2.05, 4.69) is 26.5 Å². The second-order valence-electron chi connectivity index (χ2n) is 3.71. The van der Waals surface area contributed by atoms with Crippen molar-refractivity contribution in [3.8, 4) is 5.75 Å². The van der Waals surface area contributed by atoms with Gasteiger partial charge in [0, 0.05) is 0 Å². The molecule has 0 N–H and O–H groups in total. The molecule has 0 aliphatic carbocycles. The molecule has 0 spiro atoms. The Labute approximate surface area is 86.4 Å². The minimum atomic E-state index is 0.534. The Kier molecular flexibility index (Phi) is 4.24. The maximum Gasteiger partial charge on any atom is 0.122 e. The molecule has 0 saturated carbocycles. The number of aryl methyl sites for hydroxylation is 1. The maximum absolute atomic E-state index is 5.70. The third-order valence-corrected chi connectivity index (χ3v) is 2.19. The van der Waals surface area contributed by atoms with E-state index in [0.717, 1.165) is 18.8 Å². The van der Waals surface area contributed by atoms with E-state index < -0.39 is 0 Å². The molecule has 0 radical (unpaired) electrons. The monoisotopic (exact) mass is 190 g/mol. The second-order valence-corrected chi connectivity index (χ2v) is 3.71. The molecule has 76 valence electrons. The lowest BCUT2D eigenvalue weighted by Gasteiger charge is -2.12. The SMILES string of the molecule is C=CC[C@@H](C)COc1ccccc1C. The summed E-state index contributed by atoms with van der Waals surface area (Å²) >= 11 is 0. The first-order chi connectivity index (χ1) is 6.74. The molecule has 1 atom stereocenters. The van der Waals surface area contributed by atoms with Gasteiger partial charge in [-0.2, -0.15) is 0 Å². The first-order valence-corrected chi connectivity index (χ1v) is 5.03. The Morgan fingerprint density at radius 1 is 1.43 bits per heavy atom. The fourth-order valence-corrected chi connectivity index (χ4v) is 1.30. The lowest BCUT2D eigenvalue weighted by molar-refractivity contribution is 0.260. The highest BCUT2D eigenvalue weighted by Gasteiger charge is 2.02. The quantitative estimate of drug-likeness (QED) is 0.645. The van der Waals surface area contributed by atoms with Gasteiger partial charge in [-0.3, -0.25) is 0 Å². The molecule has 0 heterocycles. The molecule has 1 nitrogen and oxygen atoms in total. The summed E-state index contributed by atoms with van der Waals surface area (Å²) in [5.41, 5.74) is 1.19. The summed E-state index contributed by atoms with van der Waals surface area (Å²) in [6.07, 6.45) is 2.94. The fraction of sp³-hybridized carbons (Fsp3) is 0.385. The van der Waals surface area contributed by atoms with Gasteiger partial charge in [-0.15, -0.1) is 6.58 Å². The van der Waals surface area contributed by atoms with Gasteiger partial charge in [-0.25, -0.2) is 0 Å². The lowest BCUT2D eigenvalue weighted by atomic mass is 10.1. The number of benzene rings is 1. The summed E-state index contributed by atoms with van der Waals surface area (Å²) in [5.74, 6) is 1.52. The van der Waals surface area contributed by atoms with Crippen molar-refractivity contribution in [3.05, 3.63) is 42.5 Å². The van der Waals surface area contributed by atoms with Crippen LogP contribution >= 0.6 is 0 Å². The van der Waals surface area contributed by atoms with Crippen LogP contribution in [0.25, 0.3) is 0 Å². The molecule has 14 heavy (non-hydrogen) atoms. The average molecular weight is 190 g/mol. The summed E-state index contributed by atoms with van der Waals surface area (Å²) < 4.78 is 5.70. The van der Waals surface area contributed by atoms with Crippen molar-refractivity contribution in [3.63, 3.8) is 0 Å². The lowest BCUT2D eigenvalue weighted by Crippen LogP contribution is -2.08. The van der Waals surface area contributed by atoms with Gasteiger partial charge in [-0.05, 0) is 30.9 Å². The van der Waals surface area contributed by atoms with E-state index in [4.69, 9.17) is 4.74 Å². The Bertz CT molecular complexity index is 291. The van der Waals surface area contributed by atoms with E-state index in [0.29, 0.717) is 5.92 Å². The highest BCUT2D eigenvalue weighted by Crippen LogP contribution is 2.17. The highest BCUT2D eigenvalue weighted by molar-refractivity contribution is 5.31. The van der Waals surface area contributed by atoms with E-state index in [1.165, 1.54) is 5.56 Å². The first-order valence-electron chi connectivity index (χ1n) is 5.03. The molecule has 0 unspecified atom stereocenters. The van der Waals surface area contributed by atoms with Gasteiger partial charge in [0.2, 0.25) is 0 Å². The molecule has 0 amide bonds. The molecule has 0 saturated heterocycles. The van der Waals surface area contributed by atoms with Crippen LogP contribution in [-0.2, 0) is 0 Å². The van der Waals surface area contributed by atoms with Gasteiger partial charge in [0.25, 0.3) is 0 Å². The van der Waals surface area contributed by atoms with Crippen molar-refractivity contribution >= 4 is 0 Å². The van der Waals surface area contributed by atoms with Crippen LogP contribution in [0.3, 0.4) is 0 Å². The predicted octanol–water partition coefficient (Wildman–Crippen LogP) is 3.59. The number of allylic oxidation sites excluding steroid dienone is 1. The van der Waals surface area contributed by atoms with Crippen molar-refractivity contribution in [2.24, 2.45) is 5.92 Å². The molecule has 0 aromatic heterocycles. The van der Waals surface area contributed by atoms with Crippen LogP contribution in [0, 0.1) is 12.8 Å². The molecule has 0 bridgehead atoms. The molecule has 0 fully saturated rings. The fourth-order valence-electron chi connectivity index (χ4n) is 1.30. The first kappa shape index (κ1) is 10.8. The Morgan fingerprint density at radius 2 is 2.14 bits per heavy atom. The number of hydrogen-bond donors (Lipinski definition) is 0. The minimum Gasteiger partial charge on any atom is -0.493 e. The third kappa shape index (κ3) is 3.25. The van der Waals surface area contributed by atoms with E-state index in [-0.39, 0.29) is 0 Å². The number of ether oxygens (including phenoxy) is 1. The van der Waals surface area contributed by atoms with E-state index in [1.54, 1.807) is 0 Å². The van der Waals surface area contributed by atoms with Crippen LogP contribution in [0.2, 0.25) is 0 Å². The van der Waals surface area contributed by atoms with Gasteiger partial charge in [-0.1, -0.05) is 31.2 Å². The summed E-state index contributed by atoms with van der Waals surface area (Å²) in [7, 11) is 0. The molecular formula is C13H18O. The smallest absolute Gasteiger partial charge is 0.122 e.